The number of carbonyl (C=O) groups is 1. The number of nitrogens with one attached hydrogen (secondary N) is 2. The van der Waals surface area contributed by atoms with E-state index >= 15 is 0 Å². The molecule has 4 rings (SSSR count). The quantitative estimate of drug-likeness (QED) is 0.422. The normalized spacial score (nSPS) is 11.5. The Balaban J connectivity index is 1.58. The van der Waals surface area contributed by atoms with Crippen molar-refractivity contribution in [3.63, 3.8) is 0 Å². The second-order valence-electron chi connectivity index (χ2n) is 7.32. The van der Waals surface area contributed by atoms with E-state index < -0.39 is 15.9 Å². The third-order valence-corrected chi connectivity index (χ3v) is 7.49. The monoisotopic (exact) mass is 482 g/mol. The Labute approximate surface area is 195 Å². The molecule has 2 N–H and O–H groups in total. The van der Waals surface area contributed by atoms with Crippen molar-refractivity contribution >= 4 is 33.0 Å². The van der Waals surface area contributed by atoms with Crippen LogP contribution < -0.4 is 15.6 Å². The molecular formula is C23H22N4O4S2. The second-order valence-corrected chi connectivity index (χ2v) is 10.1. The Bertz CT molecular complexity index is 1450. The number of nitrogens with zero attached hydrogens (tertiary/aromatic N) is 2. The standard InChI is InChI=1S/C23H22N4O4S2/c1-16-21(23(29)27(26(16)2)18-9-4-3-5-10-18)25-22(28)17-8-6-12-20(14-17)33(30,31)24-15-19-11-7-13-32-19/h3-14,24H,15H2,1-2H3,(H,25,28). The number of amides is 1. The van der Waals surface area contributed by atoms with Crippen molar-refractivity contribution in [3.05, 3.63) is 98.6 Å². The summed E-state index contributed by atoms with van der Waals surface area (Å²) in [7, 11) is -2.09. The highest BCUT2D eigenvalue weighted by molar-refractivity contribution is 7.89. The van der Waals surface area contributed by atoms with Crippen molar-refractivity contribution in [2.24, 2.45) is 7.05 Å². The minimum absolute atomic E-state index is 0.0295. The summed E-state index contributed by atoms with van der Waals surface area (Å²) in [6.45, 7) is 1.89. The molecule has 1 amide bonds. The first-order valence-corrected chi connectivity index (χ1v) is 12.4. The molecule has 10 heteroatoms. The Kier molecular flexibility index (Phi) is 6.32. The zero-order chi connectivity index (χ0) is 23.6. The van der Waals surface area contributed by atoms with E-state index in [1.807, 2.05) is 35.7 Å². The largest absolute Gasteiger partial charge is 0.316 e. The average Bonchev–Trinajstić information content (AvgIpc) is 3.41. The van der Waals surface area contributed by atoms with Crippen LogP contribution in [0, 0.1) is 6.92 Å². The number of aromatic nitrogens is 2. The van der Waals surface area contributed by atoms with E-state index in [1.165, 1.54) is 40.3 Å². The van der Waals surface area contributed by atoms with Crippen LogP contribution in [0.15, 0.2) is 81.8 Å². The van der Waals surface area contributed by atoms with Crippen LogP contribution in [0.1, 0.15) is 20.9 Å². The zero-order valence-corrected chi connectivity index (χ0v) is 19.6. The van der Waals surface area contributed by atoms with Gasteiger partial charge in [-0.1, -0.05) is 30.3 Å². The van der Waals surface area contributed by atoms with E-state index in [0.717, 1.165) is 4.88 Å². The summed E-state index contributed by atoms with van der Waals surface area (Å²) in [5.74, 6) is -0.573. The van der Waals surface area contributed by atoms with Gasteiger partial charge in [0, 0.05) is 24.0 Å². The molecular weight excluding hydrogens is 460 g/mol. The van der Waals surface area contributed by atoms with Gasteiger partial charge in [0.05, 0.1) is 16.3 Å². The zero-order valence-electron chi connectivity index (χ0n) is 18.0. The second kappa shape index (κ2) is 9.18. The molecule has 2 heterocycles. The van der Waals surface area contributed by atoms with Crippen LogP contribution in [0.2, 0.25) is 0 Å². The van der Waals surface area contributed by atoms with E-state index in [4.69, 9.17) is 0 Å². The third kappa shape index (κ3) is 4.68. The van der Waals surface area contributed by atoms with E-state index in [1.54, 1.807) is 30.8 Å². The van der Waals surface area contributed by atoms with Gasteiger partial charge in [-0.3, -0.25) is 14.3 Å². The third-order valence-electron chi connectivity index (χ3n) is 5.22. The van der Waals surface area contributed by atoms with Crippen molar-refractivity contribution < 1.29 is 13.2 Å². The van der Waals surface area contributed by atoms with Crippen LogP contribution in [-0.2, 0) is 23.6 Å². The van der Waals surface area contributed by atoms with Crippen LogP contribution in [0.25, 0.3) is 5.69 Å². The van der Waals surface area contributed by atoms with Gasteiger partial charge in [-0.25, -0.2) is 17.8 Å². The predicted octanol–water partition coefficient (Wildman–Crippen LogP) is 3.28. The van der Waals surface area contributed by atoms with Gasteiger partial charge in [-0.2, -0.15) is 0 Å². The first kappa shape index (κ1) is 22.7. The molecule has 0 bridgehead atoms. The number of para-hydroxylation sites is 1. The number of benzene rings is 2. The molecule has 0 aliphatic rings. The molecule has 33 heavy (non-hydrogen) atoms. The molecule has 4 aromatic rings. The molecule has 0 radical (unpaired) electrons. The number of rotatable bonds is 7. The predicted molar refractivity (Wildman–Crippen MR) is 128 cm³/mol. The summed E-state index contributed by atoms with van der Waals surface area (Å²) in [5, 5.41) is 4.52. The maximum atomic E-state index is 13.0. The molecule has 0 atom stereocenters. The average molecular weight is 483 g/mol. The van der Waals surface area contributed by atoms with E-state index in [9.17, 15) is 18.0 Å². The summed E-state index contributed by atoms with van der Waals surface area (Å²) in [5.41, 5.74) is 1.12. The lowest BCUT2D eigenvalue weighted by Crippen LogP contribution is -2.24. The fourth-order valence-electron chi connectivity index (χ4n) is 3.37. The fourth-order valence-corrected chi connectivity index (χ4v) is 5.15. The van der Waals surface area contributed by atoms with Gasteiger partial charge in [-0.15, -0.1) is 11.3 Å². The number of carbonyl (C=O) groups excluding carboxylic acids is 1. The summed E-state index contributed by atoms with van der Waals surface area (Å²) in [4.78, 5) is 26.8. The van der Waals surface area contributed by atoms with Crippen molar-refractivity contribution in [3.8, 4) is 5.69 Å². The van der Waals surface area contributed by atoms with E-state index in [2.05, 4.69) is 10.0 Å². The van der Waals surface area contributed by atoms with Crippen LogP contribution in [0.4, 0.5) is 5.69 Å². The van der Waals surface area contributed by atoms with E-state index in [-0.39, 0.29) is 28.3 Å². The van der Waals surface area contributed by atoms with Gasteiger partial charge in [0.2, 0.25) is 10.0 Å². The Morgan fingerprint density at radius 1 is 1.03 bits per heavy atom. The molecule has 0 fully saturated rings. The molecule has 0 unspecified atom stereocenters. The SMILES string of the molecule is Cc1c(NC(=O)c2cccc(S(=O)(=O)NCc3cccs3)c2)c(=O)n(-c2ccccc2)n1C. The maximum absolute atomic E-state index is 13.0. The smallest absolute Gasteiger partial charge is 0.295 e. The fraction of sp³-hybridized carbons (Fsp3) is 0.130. The highest BCUT2D eigenvalue weighted by Crippen LogP contribution is 2.17. The van der Waals surface area contributed by atoms with Crippen molar-refractivity contribution in [2.45, 2.75) is 18.4 Å². The summed E-state index contributed by atoms with van der Waals surface area (Å²) < 4.78 is 31.0. The molecule has 2 aromatic carbocycles. The van der Waals surface area contributed by atoms with Gasteiger partial charge < -0.3 is 5.32 Å². The molecule has 0 aliphatic heterocycles. The van der Waals surface area contributed by atoms with E-state index in [0.29, 0.717) is 11.4 Å². The number of thiophene rings is 1. The summed E-state index contributed by atoms with van der Waals surface area (Å²) in [6.07, 6.45) is 0. The first-order chi connectivity index (χ1) is 15.8. The summed E-state index contributed by atoms with van der Waals surface area (Å²) in [6, 6.07) is 18.5. The Hall–Kier alpha value is -3.47. The lowest BCUT2D eigenvalue weighted by Gasteiger charge is -2.08. The first-order valence-electron chi connectivity index (χ1n) is 10.1. The number of hydrogen-bond acceptors (Lipinski definition) is 5. The lowest BCUT2D eigenvalue weighted by molar-refractivity contribution is 0.102. The minimum atomic E-state index is -3.81. The highest BCUT2D eigenvalue weighted by atomic mass is 32.2. The van der Waals surface area contributed by atoms with Gasteiger partial charge in [0.15, 0.2) is 0 Å². The lowest BCUT2D eigenvalue weighted by atomic mass is 10.2. The Morgan fingerprint density at radius 3 is 2.48 bits per heavy atom. The molecule has 170 valence electrons. The van der Waals surface area contributed by atoms with Gasteiger partial charge in [-0.05, 0) is 48.7 Å². The number of anilines is 1. The van der Waals surface area contributed by atoms with Gasteiger partial charge in [0.25, 0.3) is 11.5 Å². The molecule has 0 saturated carbocycles. The highest BCUT2D eigenvalue weighted by Gasteiger charge is 2.20. The maximum Gasteiger partial charge on any atom is 0.295 e. The van der Waals surface area contributed by atoms with Gasteiger partial charge in [0.1, 0.15) is 5.69 Å². The molecule has 2 aromatic heterocycles. The molecule has 0 saturated heterocycles. The Morgan fingerprint density at radius 2 is 1.79 bits per heavy atom. The number of sulfonamides is 1. The number of hydrogen-bond donors (Lipinski definition) is 2. The molecule has 8 nitrogen and oxygen atoms in total. The molecule has 0 spiro atoms. The van der Waals surface area contributed by atoms with Crippen LogP contribution in [0.5, 0.6) is 0 Å². The minimum Gasteiger partial charge on any atom is -0.316 e. The van der Waals surface area contributed by atoms with Gasteiger partial charge >= 0.3 is 0 Å². The van der Waals surface area contributed by atoms with Crippen molar-refractivity contribution in [1.82, 2.24) is 14.1 Å². The summed E-state index contributed by atoms with van der Waals surface area (Å²) >= 11 is 1.45. The van der Waals surface area contributed by atoms with Crippen LogP contribution in [0.3, 0.4) is 0 Å². The van der Waals surface area contributed by atoms with Crippen molar-refractivity contribution in [2.75, 3.05) is 5.32 Å². The molecule has 0 aliphatic carbocycles. The topological polar surface area (TPSA) is 102 Å². The van der Waals surface area contributed by atoms with Crippen LogP contribution >= 0.6 is 11.3 Å². The van der Waals surface area contributed by atoms with Crippen molar-refractivity contribution in [1.29, 1.82) is 0 Å². The van der Waals surface area contributed by atoms with Crippen LogP contribution in [-0.4, -0.2) is 23.7 Å².